The summed E-state index contributed by atoms with van der Waals surface area (Å²) in [5.74, 6) is -1.29. The Hall–Kier alpha value is -3.46. The van der Waals surface area contributed by atoms with Gasteiger partial charge in [0.05, 0.1) is 11.2 Å². The Bertz CT molecular complexity index is 1500. The molecule has 2 aromatic heterocycles. The van der Waals surface area contributed by atoms with E-state index in [0.29, 0.717) is 33.8 Å². The fourth-order valence-electron chi connectivity index (χ4n) is 4.96. The van der Waals surface area contributed by atoms with Gasteiger partial charge in [0.1, 0.15) is 11.6 Å². The summed E-state index contributed by atoms with van der Waals surface area (Å²) in [7, 11) is 0. The second-order valence-corrected chi connectivity index (χ2v) is 9.16. The van der Waals surface area contributed by atoms with Crippen molar-refractivity contribution in [1.29, 1.82) is 0 Å². The Balaban J connectivity index is 1.61. The monoisotopic (exact) mass is 465 g/mol. The molecule has 176 valence electrons. The number of aromatic nitrogens is 2. The minimum Gasteiger partial charge on any atom is -0.422 e. The van der Waals surface area contributed by atoms with Gasteiger partial charge in [-0.15, -0.1) is 0 Å². The number of hydrogen-bond acceptors (Lipinski definition) is 6. The van der Waals surface area contributed by atoms with Crippen molar-refractivity contribution >= 4 is 33.7 Å². The van der Waals surface area contributed by atoms with Crippen LogP contribution in [-0.2, 0) is 0 Å². The second-order valence-electron chi connectivity index (χ2n) is 9.16. The minimum absolute atomic E-state index is 0.0592. The van der Waals surface area contributed by atoms with Crippen molar-refractivity contribution in [1.82, 2.24) is 14.9 Å². The average molecular weight is 466 g/mol. The lowest BCUT2D eigenvalue weighted by Crippen LogP contribution is -2.28. The molecule has 2 aromatic carbocycles. The van der Waals surface area contributed by atoms with Crippen LogP contribution in [0.15, 0.2) is 33.5 Å². The lowest BCUT2D eigenvalue weighted by Gasteiger charge is -2.16. The molecule has 7 nitrogen and oxygen atoms in total. The number of benzene rings is 2. The predicted molar refractivity (Wildman–Crippen MR) is 128 cm³/mol. The maximum Gasteiger partial charge on any atom is 0.298 e. The Morgan fingerprint density at radius 3 is 2.74 bits per heavy atom. The quantitative estimate of drug-likeness (QED) is 0.443. The Kier molecular flexibility index (Phi) is 4.84. The summed E-state index contributed by atoms with van der Waals surface area (Å²) in [4.78, 5) is 20.3. The first-order valence-corrected chi connectivity index (χ1v) is 11.6. The molecule has 0 amide bonds. The molecule has 4 aromatic rings. The molecule has 6 rings (SSSR count). The number of hydrogen-bond donors (Lipinski definition) is 2. The van der Waals surface area contributed by atoms with E-state index in [1.165, 1.54) is 0 Å². The van der Waals surface area contributed by atoms with Gasteiger partial charge in [-0.25, -0.2) is 8.78 Å². The number of nitrogens with zero attached hydrogens (tertiary/aromatic N) is 3. The SMILES string of the molecule is Cc1c(-c2cc(F)c(N)cc2F)ccc2c3oc(N4CCCNCC4)nc3c(=O)n(C3CC3)c12. The third kappa shape index (κ3) is 3.26. The van der Waals surface area contributed by atoms with Gasteiger partial charge in [0.25, 0.3) is 11.6 Å². The van der Waals surface area contributed by atoms with Crippen LogP contribution in [0.3, 0.4) is 0 Å². The largest absolute Gasteiger partial charge is 0.422 e. The third-order valence-electron chi connectivity index (χ3n) is 6.85. The number of nitrogens with one attached hydrogen (secondary N) is 1. The predicted octanol–water partition coefficient (Wildman–Crippen LogP) is 4.11. The van der Waals surface area contributed by atoms with Crippen LogP contribution in [0.25, 0.3) is 33.1 Å². The number of oxazole rings is 1. The molecule has 3 heterocycles. The molecule has 34 heavy (non-hydrogen) atoms. The summed E-state index contributed by atoms with van der Waals surface area (Å²) < 4.78 is 37.0. The van der Waals surface area contributed by atoms with Crippen LogP contribution in [-0.4, -0.2) is 35.7 Å². The third-order valence-corrected chi connectivity index (χ3v) is 6.85. The van der Waals surface area contributed by atoms with Gasteiger partial charge in [-0.3, -0.25) is 4.79 Å². The van der Waals surface area contributed by atoms with Gasteiger partial charge in [-0.05, 0) is 56.0 Å². The average Bonchev–Trinajstić information content (AvgIpc) is 3.60. The molecule has 0 radical (unpaired) electrons. The van der Waals surface area contributed by atoms with E-state index in [1.807, 2.05) is 13.0 Å². The van der Waals surface area contributed by atoms with E-state index in [0.717, 1.165) is 63.0 Å². The molecule has 9 heteroatoms. The van der Waals surface area contributed by atoms with Crippen LogP contribution in [0.4, 0.5) is 20.5 Å². The van der Waals surface area contributed by atoms with Crippen molar-refractivity contribution < 1.29 is 13.2 Å². The molecule has 0 atom stereocenters. The molecule has 3 N–H and O–H groups in total. The summed E-state index contributed by atoms with van der Waals surface area (Å²) in [6.45, 7) is 5.11. The molecule has 1 aliphatic carbocycles. The van der Waals surface area contributed by atoms with E-state index < -0.39 is 11.6 Å². The molecular formula is C25H25F2N5O2. The highest BCUT2D eigenvalue weighted by Crippen LogP contribution is 2.41. The minimum atomic E-state index is -0.683. The number of anilines is 2. The fraction of sp³-hybridized carbons (Fsp3) is 0.360. The number of nitrogen functional groups attached to an aromatic ring is 1. The van der Waals surface area contributed by atoms with Gasteiger partial charge < -0.3 is 24.9 Å². The number of halogens is 2. The van der Waals surface area contributed by atoms with Crippen LogP contribution in [0, 0.1) is 18.6 Å². The molecule has 0 spiro atoms. The van der Waals surface area contributed by atoms with Crippen LogP contribution in [0.5, 0.6) is 0 Å². The van der Waals surface area contributed by atoms with Crippen molar-refractivity contribution in [2.24, 2.45) is 0 Å². The van der Waals surface area contributed by atoms with Crippen LogP contribution in [0.2, 0.25) is 0 Å². The van der Waals surface area contributed by atoms with Gasteiger partial charge in [0, 0.05) is 42.7 Å². The molecule has 2 aliphatic rings. The topological polar surface area (TPSA) is 89.3 Å². The number of rotatable bonds is 3. The van der Waals surface area contributed by atoms with Crippen molar-refractivity contribution in [3.05, 3.63) is 51.8 Å². The lowest BCUT2D eigenvalue weighted by molar-refractivity contribution is 0.573. The zero-order chi connectivity index (χ0) is 23.6. The first-order valence-electron chi connectivity index (χ1n) is 11.6. The number of nitrogens with two attached hydrogens (primary N) is 1. The van der Waals surface area contributed by atoms with E-state index in [1.54, 1.807) is 10.6 Å². The first-order chi connectivity index (χ1) is 16.4. The molecule has 1 saturated heterocycles. The maximum absolute atomic E-state index is 14.8. The number of fused-ring (bicyclic) bond motifs is 3. The number of aryl methyl sites for hydroxylation is 1. The zero-order valence-electron chi connectivity index (χ0n) is 18.8. The standard InChI is InChI=1S/C25H25F2N5O2/c1-13-15(17-11-19(27)20(28)12-18(17)26)5-6-16-22(13)32(14-3-4-14)24(33)21-23(16)34-25(30-21)31-9-2-7-29-8-10-31/h5-6,11-12,14,29H,2-4,7-10,28H2,1H3. The van der Waals surface area contributed by atoms with Crippen LogP contribution >= 0.6 is 0 Å². The number of pyridine rings is 1. The highest BCUT2D eigenvalue weighted by atomic mass is 19.1. The van der Waals surface area contributed by atoms with Gasteiger partial charge in [0.15, 0.2) is 11.1 Å². The van der Waals surface area contributed by atoms with Crippen molar-refractivity contribution in [3.63, 3.8) is 0 Å². The zero-order valence-corrected chi connectivity index (χ0v) is 18.8. The molecule has 0 bridgehead atoms. The van der Waals surface area contributed by atoms with Crippen molar-refractivity contribution in [3.8, 4) is 11.1 Å². The summed E-state index contributed by atoms with van der Waals surface area (Å²) in [6, 6.07) is 6.15. The van der Waals surface area contributed by atoms with Gasteiger partial charge in [-0.1, -0.05) is 6.07 Å². The van der Waals surface area contributed by atoms with Crippen LogP contribution < -0.4 is 21.5 Å². The van der Waals surface area contributed by atoms with Gasteiger partial charge >= 0.3 is 0 Å². The second kappa shape index (κ2) is 7.80. The summed E-state index contributed by atoms with van der Waals surface area (Å²) in [6.07, 6.45) is 2.73. The normalized spacial score (nSPS) is 17.0. The highest BCUT2D eigenvalue weighted by Gasteiger charge is 2.31. The van der Waals surface area contributed by atoms with E-state index in [9.17, 15) is 13.6 Å². The maximum atomic E-state index is 14.8. The Morgan fingerprint density at radius 1 is 1.12 bits per heavy atom. The van der Waals surface area contributed by atoms with Crippen molar-refractivity contribution in [2.45, 2.75) is 32.2 Å². The summed E-state index contributed by atoms with van der Waals surface area (Å²) >= 11 is 0. The van der Waals surface area contributed by atoms with E-state index >= 15 is 0 Å². The van der Waals surface area contributed by atoms with Gasteiger partial charge in [-0.2, -0.15) is 4.98 Å². The Labute approximate surface area is 194 Å². The fourth-order valence-corrected chi connectivity index (χ4v) is 4.96. The molecule has 1 saturated carbocycles. The van der Waals surface area contributed by atoms with E-state index in [2.05, 4.69) is 15.2 Å². The van der Waals surface area contributed by atoms with Crippen LogP contribution in [0.1, 0.15) is 30.9 Å². The molecule has 0 unspecified atom stereocenters. The molecular weight excluding hydrogens is 440 g/mol. The lowest BCUT2D eigenvalue weighted by atomic mass is 9.96. The summed E-state index contributed by atoms with van der Waals surface area (Å²) in [5.41, 5.74) is 7.80. The molecule has 1 aliphatic heterocycles. The first kappa shape index (κ1) is 21.1. The summed E-state index contributed by atoms with van der Waals surface area (Å²) in [5, 5.41) is 4.09. The van der Waals surface area contributed by atoms with Crippen molar-refractivity contribution in [2.75, 3.05) is 36.8 Å². The van der Waals surface area contributed by atoms with Gasteiger partial charge in [0.2, 0.25) is 0 Å². The highest BCUT2D eigenvalue weighted by molar-refractivity contribution is 6.04. The van der Waals surface area contributed by atoms with E-state index in [-0.39, 0.29) is 22.9 Å². The Morgan fingerprint density at radius 2 is 1.94 bits per heavy atom. The molecule has 2 fully saturated rings. The smallest absolute Gasteiger partial charge is 0.298 e. The van der Waals surface area contributed by atoms with E-state index in [4.69, 9.17) is 10.2 Å².